The number of hydrogen-bond acceptors (Lipinski definition) is 5. The second-order valence-electron chi connectivity index (χ2n) is 4.99. The van der Waals surface area contributed by atoms with Gasteiger partial charge in [0.05, 0.1) is 6.61 Å². The Balaban J connectivity index is 2.49. The molecule has 0 atom stereocenters. The molecule has 0 aliphatic heterocycles. The minimum absolute atomic E-state index is 0.0214. The summed E-state index contributed by atoms with van der Waals surface area (Å²) in [5.41, 5.74) is 0.586. The first-order chi connectivity index (χ1) is 9.36. The fourth-order valence-corrected chi connectivity index (χ4v) is 2.53. The van der Waals surface area contributed by atoms with Gasteiger partial charge in [0.2, 0.25) is 0 Å². The molecule has 0 bridgehead atoms. The highest BCUT2D eigenvalue weighted by molar-refractivity contribution is 7.89. The molecule has 2 N–H and O–H groups in total. The molecule has 0 spiro atoms. The number of rotatable bonds is 8. The van der Waals surface area contributed by atoms with Crippen LogP contribution in [0.3, 0.4) is 0 Å². The van der Waals surface area contributed by atoms with Crippen LogP contribution in [-0.2, 0) is 16.6 Å². The van der Waals surface area contributed by atoms with Gasteiger partial charge in [0.15, 0.2) is 5.03 Å². The smallest absolute Gasteiger partial charge is 0.258 e. The Hall–Kier alpha value is -1.02. The molecule has 0 saturated carbocycles. The van der Waals surface area contributed by atoms with Gasteiger partial charge in [-0.15, -0.1) is 0 Å². The molecule has 0 aliphatic rings. The lowest BCUT2D eigenvalue weighted by Gasteiger charge is -2.20. The predicted molar refractivity (Wildman–Crippen MR) is 77.7 cm³/mol. The quantitative estimate of drug-likeness (QED) is 0.687. The van der Waals surface area contributed by atoms with Crippen molar-refractivity contribution in [2.24, 2.45) is 0 Å². The molecule has 0 amide bonds. The minimum Gasteiger partial charge on any atom is -0.392 e. The summed E-state index contributed by atoms with van der Waals surface area (Å²) in [4.78, 5) is 6.00. The topological polar surface area (TPSA) is 82.5 Å². The molecular formula is C13H23N3O3S. The van der Waals surface area contributed by atoms with Crippen molar-refractivity contribution < 1.29 is 13.5 Å². The van der Waals surface area contributed by atoms with E-state index in [0.29, 0.717) is 18.2 Å². The van der Waals surface area contributed by atoms with E-state index >= 15 is 0 Å². The van der Waals surface area contributed by atoms with Gasteiger partial charge in [0, 0.05) is 18.8 Å². The summed E-state index contributed by atoms with van der Waals surface area (Å²) in [6.45, 7) is 5.25. The first kappa shape index (κ1) is 17.0. The maximum absolute atomic E-state index is 12.0. The molecule has 7 heteroatoms. The molecule has 1 heterocycles. The number of hydrogen-bond donors (Lipinski definition) is 2. The van der Waals surface area contributed by atoms with Crippen LogP contribution in [0.2, 0.25) is 0 Å². The molecule has 114 valence electrons. The van der Waals surface area contributed by atoms with Gasteiger partial charge in [-0.05, 0) is 45.5 Å². The zero-order valence-electron chi connectivity index (χ0n) is 12.2. The van der Waals surface area contributed by atoms with E-state index < -0.39 is 10.0 Å². The highest BCUT2D eigenvalue weighted by Crippen LogP contribution is 2.06. The monoisotopic (exact) mass is 301 g/mol. The normalized spacial score (nSPS) is 12.3. The van der Waals surface area contributed by atoms with Crippen LogP contribution in [0, 0.1) is 0 Å². The van der Waals surface area contributed by atoms with Crippen molar-refractivity contribution in [3.63, 3.8) is 0 Å². The Morgan fingerprint density at radius 3 is 2.60 bits per heavy atom. The van der Waals surface area contributed by atoms with E-state index in [1.807, 2.05) is 7.05 Å². The largest absolute Gasteiger partial charge is 0.392 e. The molecule has 0 fully saturated rings. The van der Waals surface area contributed by atoms with E-state index in [2.05, 4.69) is 28.5 Å². The van der Waals surface area contributed by atoms with Crippen molar-refractivity contribution in [3.05, 3.63) is 23.9 Å². The molecule has 20 heavy (non-hydrogen) atoms. The standard InChI is InChI=1S/C13H23N3O3S/c1-11(2)16(3)8-4-7-15-20(18,19)13-6-5-12(10-17)9-14-13/h5-6,9,11,15,17H,4,7-8,10H2,1-3H3. The highest BCUT2D eigenvalue weighted by Gasteiger charge is 2.14. The molecular weight excluding hydrogens is 278 g/mol. The van der Waals surface area contributed by atoms with E-state index in [1.165, 1.54) is 12.3 Å². The Morgan fingerprint density at radius 1 is 1.40 bits per heavy atom. The van der Waals surface area contributed by atoms with Crippen molar-refractivity contribution in [3.8, 4) is 0 Å². The zero-order chi connectivity index (χ0) is 15.2. The maximum Gasteiger partial charge on any atom is 0.258 e. The van der Waals surface area contributed by atoms with Crippen molar-refractivity contribution in [2.45, 2.75) is 37.9 Å². The van der Waals surface area contributed by atoms with Crippen LogP contribution >= 0.6 is 0 Å². The Kier molecular flexibility index (Phi) is 6.54. The summed E-state index contributed by atoms with van der Waals surface area (Å²) in [6, 6.07) is 3.39. The molecule has 0 aliphatic carbocycles. The Morgan fingerprint density at radius 2 is 2.10 bits per heavy atom. The molecule has 1 aromatic heterocycles. The fourth-order valence-electron chi connectivity index (χ4n) is 1.53. The van der Waals surface area contributed by atoms with Crippen LogP contribution in [0.25, 0.3) is 0 Å². The van der Waals surface area contributed by atoms with Gasteiger partial charge in [-0.3, -0.25) is 0 Å². The molecule has 1 rings (SSSR count). The van der Waals surface area contributed by atoms with Gasteiger partial charge in [-0.25, -0.2) is 18.1 Å². The molecule has 0 radical (unpaired) electrons. The first-order valence-corrected chi connectivity index (χ1v) is 8.11. The van der Waals surface area contributed by atoms with Gasteiger partial charge in [0.1, 0.15) is 0 Å². The second kappa shape index (κ2) is 7.68. The fraction of sp³-hybridized carbons (Fsp3) is 0.615. The zero-order valence-corrected chi connectivity index (χ0v) is 13.0. The van der Waals surface area contributed by atoms with Crippen LogP contribution in [-0.4, -0.2) is 49.6 Å². The van der Waals surface area contributed by atoms with Gasteiger partial charge in [-0.2, -0.15) is 0 Å². The van der Waals surface area contributed by atoms with Gasteiger partial charge in [0.25, 0.3) is 10.0 Å². The molecule has 0 aromatic carbocycles. The van der Waals surface area contributed by atoms with Gasteiger partial charge in [-0.1, -0.05) is 6.07 Å². The lowest BCUT2D eigenvalue weighted by atomic mass is 10.3. The minimum atomic E-state index is -3.56. The summed E-state index contributed by atoms with van der Waals surface area (Å²) < 4.78 is 26.4. The molecule has 1 aromatic rings. The number of aliphatic hydroxyl groups excluding tert-OH is 1. The summed E-state index contributed by atoms with van der Waals surface area (Å²) in [5, 5.41) is 8.87. The summed E-state index contributed by atoms with van der Waals surface area (Å²) in [7, 11) is -1.56. The summed E-state index contributed by atoms with van der Waals surface area (Å²) in [6.07, 6.45) is 2.10. The summed E-state index contributed by atoms with van der Waals surface area (Å²) in [5.74, 6) is 0. The second-order valence-corrected chi connectivity index (χ2v) is 6.70. The molecule has 0 saturated heterocycles. The van der Waals surface area contributed by atoms with E-state index in [0.717, 1.165) is 13.0 Å². The number of aliphatic hydroxyl groups is 1. The lowest BCUT2D eigenvalue weighted by molar-refractivity contribution is 0.271. The molecule has 0 unspecified atom stereocenters. The van der Waals surface area contributed by atoms with Crippen molar-refractivity contribution >= 4 is 10.0 Å². The van der Waals surface area contributed by atoms with Crippen molar-refractivity contribution in [1.29, 1.82) is 0 Å². The number of sulfonamides is 1. The summed E-state index contributed by atoms with van der Waals surface area (Å²) >= 11 is 0. The van der Waals surface area contributed by atoms with Crippen molar-refractivity contribution in [2.75, 3.05) is 20.1 Å². The third-order valence-corrected chi connectivity index (χ3v) is 4.49. The lowest BCUT2D eigenvalue weighted by Crippen LogP contribution is -2.31. The van der Waals surface area contributed by atoms with E-state index in [4.69, 9.17) is 5.11 Å². The average Bonchev–Trinajstić information content (AvgIpc) is 2.43. The predicted octanol–water partition coefficient (Wildman–Crippen LogP) is 0.582. The van der Waals surface area contributed by atoms with Crippen LogP contribution in [0.4, 0.5) is 0 Å². The van der Waals surface area contributed by atoms with E-state index in [9.17, 15) is 8.42 Å². The first-order valence-electron chi connectivity index (χ1n) is 6.62. The average molecular weight is 301 g/mol. The van der Waals surface area contributed by atoms with Crippen LogP contribution < -0.4 is 4.72 Å². The molecule has 6 nitrogen and oxygen atoms in total. The van der Waals surface area contributed by atoms with Gasteiger partial charge >= 0.3 is 0 Å². The number of nitrogens with zero attached hydrogens (tertiary/aromatic N) is 2. The van der Waals surface area contributed by atoms with Crippen LogP contribution in [0.1, 0.15) is 25.8 Å². The highest BCUT2D eigenvalue weighted by atomic mass is 32.2. The Labute approximate surface area is 120 Å². The van der Waals surface area contributed by atoms with E-state index in [-0.39, 0.29) is 11.6 Å². The van der Waals surface area contributed by atoms with Crippen LogP contribution in [0.5, 0.6) is 0 Å². The SMILES string of the molecule is CC(C)N(C)CCCNS(=O)(=O)c1ccc(CO)cn1. The van der Waals surface area contributed by atoms with Crippen LogP contribution in [0.15, 0.2) is 23.4 Å². The van der Waals surface area contributed by atoms with Crippen molar-refractivity contribution in [1.82, 2.24) is 14.6 Å². The third kappa shape index (κ3) is 5.16. The van der Waals surface area contributed by atoms with E-state index in [1.54, 1.807) is 6.07 Å². The number of pyridine rings is 1. The van der Waals surface area contributed by atoms with Gasteiger partial charge < -0.3 is 10.0 Å². The number of aromatic nitrogens is 1. The maximum atomic E-state index is 12.0. The Bertz CT molecular complexity index is 500. The number of nitrogens with one attached hydrogen (secondary N) is 1. The third-order valence-electron chi connectivity index (χ3n) is 3.12.